The minimum Gasteiger partial charge on any atom is -0.480 e. The molecule has 108 valence electrons. The number of hydrogen-bond acceptors (Lipinski definition) is 3. The van der Waals surface area contributed by atoms with Crippen LogP contribution in [-0.2, 0) is 4.79 Å². The first-order valence-corrected chi connectivity index (χ1v) is 7.81. The van der Waals surface area contributed by atoms with Crippen LogP contribution in [0.1, 0.15) is 44.9 Å². The highest BCUT2D eigenvalue weighted by atomic mass is 16.4. The molecule has 2 N–H and O–H groups in total. The lowest BCUT2D eigenvalue weighted by atomic mass is 9.78. The van der Waals surface area contributed by atoms with Crippen LogP contribution >= 0.6 is 0 Å². The van der Waals surface area contributed by atoms with Gasteiger partial charge in [-0.25, -0.2) is 0 Å². The van der Waals surface area contributed by atoms with Crippen molar-refractivity contribution in [1.29, 1.82) is 0 Å². The van der Waals surface area contributed by atoms with E-state index in [9.17, 15) is 9.90 Å². The van der Waals surface area contributed by atoms with Gasteiger partial charge in [0.25, 0.3) is 0 Å². The standard InChI is InChI=1S/C15H26N2O2/c1-16-15(14(18)19)7-3-6-13(8-15)17-9-11-4-2-5-12(11)10-17/h11-13,16H,2-10H2,1H3,(H,18,19). The monoisotopic (exact) mass is 266 g/mol. The van der Waals surface area contributed by atoms with E-state index in [4.69, 9.17) is 0 Å². The Hall–Kier alpha value is -0.610. The number of carboxylic acid groups (broad SMARTS) is 1. The summed E-state index contributed by atoms with van der Waals surface area (Å²) in [5, 5.41) is 12.6. The van der Waals surface area contributed by atoms with Crippen molar-refractivity contribution in [2.45, 2.75) is 56.5 Å². The Labute approximate surface area is 115 Å². The number of nitrogens with zero attached hydrogens (tertiary/aromatic N) is 1. The zero-order valence-corrected chi connectivity index (χ0v) is 11.9. The third-order valence-corrected chi connectivity index (χ3v) is 5.88. The number of carboxylic acids is 1. The van der Waals surface area contributed by atoms with Gasteiger partial charge in [0.1, 0.15) is 5.54 Å². The van der Waals surface area contributed by atoms with E-state index in [0.717, 1.165) is 31.1 Å². The Morgan fingerprint density at radius 3 is 2.47 bits per heavy atom. The maximum atomic E-state index is 11.6. The summed E-state index contributed by atoms with van der Waals surface area (Å²) in [6.07, 6.45) is 7.95. The van der Waals surface area contributed by atoms with Crippen molar-refractivity contribution in [3.8, 4) is 0 Å². The van der Waals surface area contributed by atoms with Gasteiger partial charge in [-0.2, -0.15) is 0 Å². The molecule has 4 atom stereocenters. The quantitative estimate of drug-likeness (QED) is 0.816. The first-order chi connectivity index (χ1) is 9.14. The molecule has 0 spiro atoms. The Bertz CT molecular complexity index is 348. The van der Waals surface area contributed by atoms with Crippen LogP contribution in [0.4, 0.5) is 0 Å². The Kier molecular flexibility index (Phi) is 3.56. The number of carbonyl (C=O) groups is 1. The van der Waals surface area contributed by atoms with Gasteiger partial charge in [0, 0.05) is 19.1 Å². The van der Waals surface area contributed by atoms with E-state index in [0.29, 0.717) is 6.04 Å². The SMILES string of the molecule is CNC1(C(=O)O)CCCC(N2CC3CCCC3C2)C1. The summed E-state index contributed by atoms with van der Waals surface area (Å²) in [6, 6.07) is 0.475. The maximum Gasteiger partial charge on any atom is 0.323 e. The van der Waals surface area contributed by atoms with Crippen molar-refractivity contribution in [3.05, 3.63) is 0 Å². The average Bonchev–Trinajstić information content (AvgIpc) is 2.99. The number of nitrogens with one attached hydrogen (secondary N) is 1. The highest BCUT2D eigenvalue weighted by Crippen LogP contribution is 2.41. The van der Waals surface area contributed by atoms with Crippen molar-refractivity contribution < 1.29 is 9.90 Å². The molecule has 2 saturated carbocycles. The summed E-state index contributed by atoms with van der Waals surface area (Å²) in [6.45, 7) is 2.43. The summed E-state index contributed by atoms with van der Waals surface area (Å²) in [5.74, 6) is 1.13. The normalized spacial score (nSPS) is 43.3. The van der Waals surface area contributed by atoms with Crippen molar-refractivity contribution in [1.82, 2.24) is 10.2 Å². The molecule has 1 aliphatic heterocycles. The minimum absolute atomic E-state index is 0.475. The molecule has 3 fully saturated rings. The minimum atomic E-state index is -0.680. The van der Waals surface area contributed by atoms with Gasteiger partial charge in [0.2, 0.25) is 0 Å². The van der Waals surface area contributed by atoms with Gasteiger partial charge in [-0.1, -0.05) is 6.42 Å². The third kappa shape index (κ3) is 2.29. The molecule has 1 heterocycles. The number of likely N-dealkylation sites (N-methyl/N-ethyl adjacent to an activating group) is 1. The van der Waals surface area contributed by atoms with E-state index >= 15 is 0 Å². The molecule has 0 aromatic heterocycles. The molecule has 0 radical (unpaired) electrons. The van der Waals surface area contributed by atoms with Gasteiger partial charge in [-0.15, -0.1) is 0 Å². The third-order valence-electron chi connectivity index (χ3n) is 5.88. The molecule has 19 heavy (non-hydrogen) atoms. The molecule has 0 aromatic rings. The molecule has 3 aliphatic rings. The zero-order chi connectivity index (χ0) is 13.5. The number of hydrogen-bond donors (Lipinski definition) is 2. The summed E-state index contributed by atoms with van der Waals surface area (Å²) in [5.41, 5.74) is -0.680. The molecular formula is C15H26N2O2. The number of likely N-dealkylation sites (tertiary alicyclic amines) is 1. The van der Waals surface area contributed by atoms with Gasteiger partial charge in [0.05, 0.1) is 0 Å². The van der Waals surface area contributed by atoms with Crippen LogP contribution < -0.4 is 5.32 Å². The molecule has 0 amide bonds. The molecule has 0 aromatic carbocycles. The summed E-state index contributed by atoms with van der Waals surface area (Å²) >= 11 is 0. The van der Waals surface area contributed by atoms with Crippen molar-refractivity contribution in [2.75, 3.05) is 20.1 Å². The molecule has 4 nitrogen and oxygen atoms in total. The van der Waals surface area contributed by atoms with Crippen LogP contribution in [0.15, 0.2) is 0 Å². The zero-order valence-electron chi connectivity index (χ0n) is 11.9. The van der Waals surface area contributed by atoms with E-state index in [1.165, 1.54) is 38.8 Å². The van der Waals surface area contributed by atoms with Crippen molar-refractivity contribution in [2.24, 2.45) is 11.8 Å². The summed E-state index contributed by atoms with van der Waals surface area (Å²) in [7, 11) is 1.80. The van der Waals surface area contributed by atoms with Crippen molar-refractivity contribution >= 4 is 5.97 Å². The number of rotatable bonds is 3. The lowest BCUT2D eigenvalue weighted by molar-refractivity contribution is -0.147. The summed E-state index contributed by atoms with van der Waals surface area (Å²) < 4.78 is 0. The van der Waals surface area contributed by atoms with Gasteiger partial charge >= 0.3 is 5.97 Å². The average molecular weight is 266 g/mol. The highest BCUT2D eigenvalue weighted by Gasteiger charge is 2.46. The lowest BCUT2D eigenvalue weighted by Crippen LogP contribution is -2.57. The molecule has 4 heteroatoms. The molecule has 3 rings (SSSR count). The predicted molar refractivity (Wildman–Crippen MR) is 74.1 cm³/mol. The molecule has 2 aliphatic carbocycles. The maximum absolute atomic E-state index is 11.6. The molecule has 1 saturated heterocycles. The van der Waals surface area contributed by atoms with Crippen LogP contribution in [-0.4, -0.2) is 47.7 Å². The van der Waals surface area contributed by atoms with Crippen LogP contribution in [0, 0.1) is 11.8 Å². The Morgan fingerprint density at radius 2 is 1.89 bits per heavy atom. The van der Waals surface area contributed by atoms with Crippen LogP contribution in [0.2, 0.25) is 0 Å². The number of aliphatic carboxylic acids is 1. The summed E-state index contributed by atoms with van der Waals surface area (Å²) in [4.78, 5) is 14.2. The van der Waals surface area contributed by atoms with E-state index in [1.807, 2.05) is 0 Å². The second-order valence-corrected chi connectivity index (χ2v) is 6.79. The molecule has 4 unspecified atom stereocenters. The molecular weight excluding hydrogens is 240 g/mol. The first kappa shape index (κ1) is 13.4. The van der Waals surface area contributed by atoms with Crippen LogP contribution in [0.5, 0.6) is 0 Å². The van der Waals surface area contributed by atoms with Gasteiger partial charge < -0.3 is 10.4 Å². The predicted octanol–water partition coefficient (Wildman–Crippen LogP) is 1.70. The topological polar surface area (TPSA) is 52.6 Å². The van der Waals surface area contributed by atoms with Gasteiger partial charge in [-0.05, 0) is 57.4 Å². The van der Waals surface area contributed by atoms with Gasteiger partial charge in [0.15, 0.2) is 0 Å². The smallest absolute Gasteiger partial charge is 0.323 e. The largest absolute Gasteiger partial charge is 0.480 e. The Balaban J connectivity index is 1.67. The van der Waals surface area contributed by atoms with Gasteiger partial charge in [-0.3, -0.25) is 9.69 Å². The van der Waals surface area contributed by atoms with E-state index < -0.39 is 11.5 Å². The second-order valence-electron chi connectivity index (χ2n) is 6.79. The number of fused-ring (bicyclic) bond motifs is 1. The molecule has 0 bridgehead atoms. The lowest BCUT2D eigenvalue weighted by Gasteiger charge is -2.41. The fourth-order valence-corrected chi connectivity index (χ4v) is 4.66. The first-order valence-electron chi connectivity index (χ1n) is 7.81. The van der Waals surface area contributed by atoms with E-state index in [2.05, 4.69) is 10.2 Å². The van der Waals surface area contributed by atoms with Crippen LogP contribution in [0.3, 0.4) is 0 Å². The van der Waals surface area contributed by atoms with Crippen LogP contribution in [0.25, 0.3) is 0 Å². The highest BCUT2D eigenvalue weighted by molar-refractivity contribution is 5.79. The fourth-order valence-electron chi connectivity index (χ4n) is 4.66. The second kappa shape index (κ2) is 5.06. The fraction of sp³-hybridized carbons (Fsp3) is 0.933. The van der Waals surface area contributed by atoms with E-state index in [1.54, 1.807) is 7.05 Å². The van der Waals surface area contributed by atoms with Crippen molar-refractivity contribution in [3.63, 3.8) is 0 Å². The van der Waals surface area contributed by atoms with E-state index in [-0.39, 0.29) is 0 Å². The Morgan fingerprint density at radius 1 is 1.21 bits per heavy atom.